The molecule has 7 nitrogen and oxygen atoms in total. The van der Waals surface area contributed by atoms with Crippen molar-refractivity contribution in [3.05, 3.63) is 37.2 Å². The molecule has 0 spiro atoms. The lowest BCUT2D eigenvalue weighted by atomic mass is 10.3. The number of methoxy groups -OCH3 is 1. The van der Waals surface area contributed by atoms with Crippen LogP contribution < -0.4 is 5.56 Å². The SMILES string of the molecule is COC(=O)C(Br)Cn1cc([N+](=O)[O-])cc(Br)c1=O. The standard InChI is InChI=1S/C9H8Br2N2O5/c1-18-9(15)7(11)4-12-3-5(13(16)17)2-6(10)8(12)14/h2-3,7H,4H2,1H3. The van der Waals surface area contributed by atoms with Gasteiger partial charge in [0.2, 0.25) is 0 Å². The van der Waals surface area contributed by atoms with Crippen LogP contribution in [0.4, 0.5) is 5.69 Å². The molecule has 1 rings (SSSR count). The summed E-state index contributed by atoms with van der Waals surface area (Å²) in [6.07, 6.45) is 1.07. The topological polar surface area (TPSA) is 91.4 Å². The third-order valence-corrected chi connectivity index (χ3v) is 3.28. The van der Waals surface area contributed by atoms with Crippen LogP contribution in [0.1, 0.15) is 0 Å². The maximum atomic E-state index is 11.7. The quantitative estimate of drug-likeness (QED) is 0.339. The highest BCUT2D eigenvalue weighted by atomic mass is 79.9. The zero-order valence-electron chi connectivity index (χ0n) is 9.13. The number of hydrogen-bond acceptors (Lipinski definition) is 5. The van der Waals surface area contributed by atoms with E-state index in [1.165, 1.54) is 7.11 Å². The van der Waals surface area contributed by atoms with Crippen molar-refractivity contribution < 1.29 is 14.5 Å². The van der Waals surface area contributed by atoms with Gasteiger partial charge in [0.05, 0.1) is 22.7 Å². The third kappa shape index (κ3) is 3.39. The molecule has 0 fully saturated rings. The molecule has 0 aliphatic heterocycles. The normalized spacial score (nSPS) is 11.9. The predicted molar refractivity (Wildman–Crippen MR) is 69.8 cm³/mol. The van der Waals surface area contributed by atoms with Gasteiger partial charge in [0, 0.05) is 12.6 Å². The number of alkyl halides is 1. The van der Waals surface area contributed by atoms with Gasteiger partial charge in [0.25, 0.3) is 11.2 Å². The first kappa shape index (κ1) is 14.8. The van der Waals surface area contributed by atoms with E-state index in [-0.39, 0.29) is 16.7 Å². The monoisotopic (exact) mass is 382 g/mol. The van der Waals surface area contributed by atoms with Crippen LogP contribution in [-0.4, -0.2) is 27.4 Å². The number of rotatable bonds is 4. The number of pyridine rings is 1. The lowest BCUT2D eigenvalue weighted by molar-refractivity contribution is -0.385. The Balaban J connectivity index is 3.12. The molecular formula is C9H8Br2N2O5. The highest BCUT2D eigenvalue weighted by Crippen LogP contribution is 2.15. The van der Waals surface area contributed by atoms with E-state index in [0.717, 1.165) is 16.8 Å². The molecule has 0 aliphatic rings. The van der Waals surface area contributed by atoms with Crippen LogP contribution in [-0.2, 0) is 16.1 Å². The van der Waals surface area contributed by atoms with Crippen LogP contribution in [0, 0.1) is 10.1 Å². The fourth-order valence-electron chi connectivity index (χ4n) is 1.19. The van der Waals surface area contributed by atoms with Gasteiger partial charge in [-0.05, 0) is 15.9 Å². The minimum absolute atomic E-state index is 0.0567. The highest BCUT2D eigenvalue weighted by Gasteiger charge is 2.19. The Morgan fingerprint density at radius 1 is 1.67 bits per heavy atom. The Kier molecular flexibility index (Phi) is 5.03. The van der Waals surface area contributed by atoms with Crippen LogP contribution in [0.25, 0.3) is 0 Å². The second kappa shape index (κ2) is 6.10. The molecule has 1 atom stereocenters. The summed E-state index contributed by atoms with van der Waals surface area (Å²) < 4.78 is 5.61. The van der Waals surface area contributed by atoms with Gasteiger partial charge in [-0.3, -0.25) is 19.7 Å². The minimum Gasteiger partial charge on any atom is -0.468 e. The van der Waals surface area contributed by atoms with Gasteiger partial charge in [0.15, 0.2) is 0 Å². The Hall–Kier alpha value is -1.22. The van der Waals surface area contributed by atoms with Gasteiger partial charge in [-0.2, -0.15) is 0 Å². The van der Waals surface area contributed by atoms with E-state index in [1.54, 1.807) is 0 Å². The van der Waals surface area contributed by atoms with E-state index >= 15 is 0 Å². The molecule has 0 aromatic carbocycles. The molecule has 0 N–H and O–H groups in total. The Morgan fingerprint density at radius 2 is 2.28 bits per heavy atom. The van der Waals surface area contributed by atoms with Crippen LogP contribution in [0.15, 0.2) is 21.5 Å². The maximum Gasteiger partial charge on any atom is 0.321 e. The molecule has 1 unspecified atom stereocenters. The number of esters is 1. The zero-order valence-corrected chi connectivity index (χ0v) is 12.3. The smallest absolute Gasteiger partial charge is 0.321 e. The third-order valence-electron chi connectivity index (χ3n) is 2.05. The van der Waals surface area contributed by atoms with Gasteiger partial charge in [0.1, 0.15) is 4.83 Å². The first-order valence-electron chi connectivity index (χ1n) is 4.63. The molecule has 98 valence electrons. The van der Waals surface area contributed by atoms with Gasteiger partial charge < -0.3 is 9.30 Å². The number of carbonyl (C=O) groups is 1. The zero-order chi connectivity index (χ0) is 13.9. The van der Waals surface area contributed by atoms with Gasteiger partial charge in [-0.25, -0.2) is 0 Å². The molecule has 1 aromatic heterocycles. The Labute approximate surface area is 118 Å². The summed E-state index contributed by atoms with van der Waals surface area (Å²) in [5, 5.41) is 10.7. The molecule has 0 saturated carbocycles. The van der Waals surface area contributed by atoms with Crippen LogP contribution in [0.5, 0.6) is 0 Å². The van der Waals surface area contributed by atoms with Crippen molar-refractivity contribution in [3.63, 3.8) is 0 Å². The second-order valence-electron chi connectivity index (χ2n) is 3.25. The summed E-state index contributed by atoms with van der Waals surface area (Å²) in [5.74, 6) is -0.565. The Morgan fingerprint density at radius 3 is 2.78 bits per heavy atom. The van der Waals surface area contributed by atoms with E-state index in [2.05, 4.69) is 36.6 Å². The first-order chi connectivity index (χ1) is 8.36. The molecule has 0 saturated heterocycles. The van der Waals surface area contributed by atoms with Crippen molar-refractivity contribution >= 4 is 43.5 Å². The predicted octanol–water partition coefficient (Wildman–Crippen LogP) is 1.46. The van der Waals surface area contributed by atoms with Gasteiger partial charge in [-0.15, -0.1) is 0 Å². The van der Waals surface area contributed by atoms with Gasteiger partial charge in [-0.1, -0.05) is 15.9 Å². The fraction of sp³-hybridized carbons (Fsp3) is 0.333. The number of ether oxygens (including phenoxy) is 1. The van der Waals surface area contributed by atoms with Crippen molar-refractivity contribution in [2.75, 3.05) is 7.11 Å². The number of halogens is 2. The molecular weight excluding hydrogens is 376 g/mol. The number of aromatic nitrogens is 1. The summed E-state index contributed by atoms with van der Waals surface area (Å²) >= 11 is 5.98. The number of carbonyl (C=O) groups excluding carboxylic acids is 1. The van der Waals surface area contributed by atoms with Crippen molar-refractivity contribution in [3.8, 4) is 0 Å². The summed E-state index contributed by atoms with van der Waals surface area (Å²) in [7, 11) is 1.21. The van der Waals surface area contributed by atoms with Crippen molar-refractivity contribution in [2.45, 2.75) is 11.4 Å². The van der Waals surface area contributed by atoms with E-state index < -0.39 is 21.3 Å². The molecule has 1 heterocycles. The molecule has 18 heavy (non-hydrogen) atoms. The Bertz CT molecular complexity index is 542. The summed E-state index contributed by atoms with van der Waals surface area (Å²) in [5.41, 5.74) is -0.708. The van der Waals surface area contributed by atoms with Crippen molar-refractivity contribution in [2.24, 2.45) is 0 Å². The summed E-state index contributed by atoms with van der Waals surface area (Å²) in [6, 6.07) is 1.11. The van der Waals surface area contributed by atoms with E-state index in [9.17, 15) is 19.7 Å². The van der Waals surface area contributed by atoms with E-state index in [1.807, 2.05) is 0 Å². The van der Waals surface area contributed by atoms with Crippen LogP contribution in [0.3, 0.4) is 0 Å². The summed E-state index contributed by atoms with van der Waals surface area (Å²) in [4.78, 5) is 32.2. The molecule has 9 heteroatoms. The highest BCUT2D eigenvalue weighted by molar-refractivity contribution is 9.10. The lowest BCUT2D eigenvalue weighted by Gasteiger charge is -2.10. The van der Waals surface area contributed by atoms with Crippen LogP contribution in [0.2, 0.25) is 0 Å². The summed E-state index contributed by atoms with van der Waals surface area (Å²) in [6.45, 7) is -0.0637. The molecule has 0 aliphatic carbocycles. The number of hydrogen-bond donors (Lipinski definition) is 0. The van der Waals surface area contributed by atoms with Crippen molar-refractivity contribution in [1.29, 1.82) is 0 Å². The van der Waals surface area contributed by atoms with E-state index in [4.69, 9.17) is 0 Å². The minimum atomic E-state index is -0.755. The average Bonchev–Trinajstić information content (AvgIpc) is 2.33. The molecule has 0 bridgehead atoms. The molecule has 0 amide bonds. The van der Waals surface area contributed by atoms with Gasteiger partial charge >= 0.3 is 5.97 Å². The lowest BCUT2D eigenvalue weighted by Crippen LogP contribution is -2.29. The largest absolute Gasteiger partial charge is 0.468 e. The fourth-order valence-corrected chi connectivity index (χ4v) is 2.16. The molecule has 0 radical (unpaired) electrons. The van der Waals surface area contributed by atoms with E-state index in [0.29, 0.717) is 0 Å². The maximum absolute atomic E-state index is 11.7. The van der Waals surface area contributed by atoms with Crippen LogP contribution >= 0.6 is 31.9 Å². The molecule has 1 aromatic rings. The average molecular weight is 384 g/mol. The van der Waals surface area contributed by atoms with Crippen molar-refractivity contribution in [1.82, 2.24) is 4.57 Å². The number of nitrogens with zero attached hydrogens (tertiary/aromatic N) is 2. The number of nitro groups is 1. The second-order valence-corrected chi connectivity index (χ2v) is 5.21. The first-order valence-corrected chi connectivity index (χ1v) is 6.34.